The van der Waals surface area contributed by atoms with Crippen LogP contribution in [0.3, 0.4) is 0 Å². The van der Waals surface area contributed by atoms with Crippen molar-refractivity contribution >= 4 is 17.5 Å². The Hall–Kier alpha value is -3.61. The van der Waals surface area contributed by atoms with Crippen LogP contribution in [0.4, 0.5) is 5.69 Å². The van der Waals surface area contributed by atoms with E-state index < -0.39 is 0 Å². The predicted octanol–water partition coefficient (Wildman–Crippen LogP) is 5.26. The van der Waals surface area contributed by atoms with E-state index in [2.05, 4.69) is 53.8 Å². The molecule has 1 aliphatic heterocycles. The van der Waals surface area contributed by atoms with Gasteiger partial charge in [-0.25, -0.2) is 0 Å². The van der Waals surface area contributed by atoms with Gasteiger partial charge in [0.05, 0.1) is 5.56 Å². The van der Waals surface area contributed by atoms with Crippen LogP contribution in [-0.2, 0) is 0 Å². The number of aryl methyl sites for hydroxylation is 2. The lowest BCUT2D eigenvalue weighted by molar-refractivity contribution is 0.104. The van der Waals surface area contributed by atoms with Crippen molar-refractivity contribution in [2.45, 2.75) is 13.8 Å². The Labute approximate surface area is 226 Å². The summed E-state index contributed by atoms with van der Waals surface area (Å²) in [5.74, 6) is 0.688. The monoisotopic (exact) mass is 513 g/mol. The predicted molar refractivity (Wildman–Crippen MR) is 157 cm³/mol. The van der Waals surface area contributed by atoms with E-state index in [1.165, 1.54) is 11.1 Å². The first-order valence-electron chi connectivity index (χ1n) is 13.2. The topological polar surface area (TPSA) is 56.2 Å². The number of ketones is 1. The molecule has 0 unspecified atom stereocenters. The van der Waals surface area contributed by atoms with E-state index in [1.54, 1.807) is 18.2 Å². The highest BCUT2D eigenvalue weighted by Crippen LogP contribution is 2.31. The first-order chi connectivity index (χ1) is 18.2. The second-order valence-corrected chi connectivity index (χ2v) is 10.5. The molecule has 1 fully saturated rings. The molecule has 1 heterocycles. The van der Waals surface area contributed by atoms with Crippen LogP contribution in [0.15, 0.2) is 60.7 Å². The number of allylic oxidation sites excluding steroid dienone is 1. The second kappa shape index (κ2) is 12.3. The summed E-state index contributed by atoms with van der Waals surface area (Å²) >= 11 is 0. The molecular formula is C32H39N3O3. The highest BCUT2D eigenvalue weighted by atomic mass is 16.5. The van der Waals surface area contributed by atoms with E-state index in [4.69, 9.17) is 4.74 Å². The summed E-state index contributed by atoms with van der Waals surface area (Å²) < 4.78 is 6.06. The quantitative estimate of drug-likeness (QED) is 0.311. The number of phenolic OH excluding ortho intramolecular Hbond substituents is 1. The summed E-state index contributed by atoms with van der Waals surface area (Å²) in [5.41, 5.74) is 6.81. The van der Waals surface area contributed by atoms with Crippen LogP contribution in [0.1, 0.15) is 27.0 Å². The van der Waals surface area contributed by atoms with Crippen LogP contribution in [0, 0.1) is 13.8 Å². The molecule has 0 atom stereocenters. The summed E-state index contributed by atoms with van der Waals surface area (Å²) in [6.07, 6.45) is 3.47. The molecule has 1 N–H and O–H groups in total. The van der Waals surface area contributed by atoms with Crippen molar-refractivity contribution < 1.29 is 14.6 Å². The maximum Gasteiger partial charge on any atom is 0.189 e. The minimum atomic E-state index is -0.117. The molecule has 200 valence electrons. The summed E-state index contributed by atoms with van der Waals surface area (Å²) in [5, 5.41) is 10.2. The SMILES string of the molecule is Cc1cc(C)cc(-c2ccc(OCCN(C)C)c(C(=O)/C=C/c3ccc(O)cc3N3CCN(C)CC3)c2)c1. The molecule has 4 rings (SSSR count). The van der Waals surface area contributed by atoms with Gasteiger partial charge in [-0.15, -0.1) is 0 Å². The van der Waals surface area contributed by atoms with Crippen molar-refractivity contribution in [2.24, 2.45) is 0 Å². The van der Waals surface area contributed by atoms with Gasteiger partial charge >= 0.3 is 0 Å². The number of carbonyl (C=O) groups is 1. The fourth-order valence-electron chi connectivity index (χ4n) is 4.76. The van der Waals surface area contributed by atoms with Gasteiger partial charge in [0.15, 0.2) is 5.78 Å². The van der Waals surface area contributed by atoms with E-state index in [0.29, 0.717) is 17.9 Å². The zero-order valence-corrected chi connectivity index (χ0v) is 23.2. The molecule has 6 nitrogen and oxygen atoms in total. The number of likely N-dealkylation sites (N-methyl/N-ethyl adjacent to an activating group) is 2. The number of hydrogen-bond acceptors (Lipinski definition) is 6. The number of phenols is 1. The summed E-state index contributed by atoms with van der Waals surface area (Å²) in [6.45, 7) is 9.06. The maximum atomic E-state index is 13.6. The Morgan fingerprint density at radius 3 is 2.34 bits per heavy atom. The molecule has 0 aromatic heterocycles. The molecule has 38 heavy (non-hydrogen) atoms. The van der Waals surface area contributed by atoms with E-state index in [1.807, 2.05) is 44.4 Å². The van der Waals surface area contributed by atoms with Gasteiger partial charge in [-0.05, 0) is 88.1 Å². The second-order valence-electron chi connectivity index (χ2n) is 10.5. The third-order valence-electron chi connectivity index (χ3n) is 6.87. The number of ether oxygens (including phenoxy) is 1. The largest absolute Gasteiger partial charge is 0.508 e. The average molecular weight is 514 g/mol. The lowest BCUT2D eigenvalue weighted by atomic mass is 9.97. The molecule has 0 radical (unpaired) electrons. The molecule has 0 aliphatic carbocycles. The van der Waals surface area contributed by atoms with Crippen LogP contribution >= 0.6 is 0 Å². The van der Waals surface area contributed by atoms with Crippen LogP contribution in [0.25, 0.3) is 17.2 Å². The smallest absolute Gasteiger partial charge is 0.189 e. The van der Waals surface area contributed by atoms with Crippen LogP contribution in [0.2, 0.25) is 0 Å². The van der Waals surface area contributed by atoms with Gasteiger partial charge in [0, 0.05) is 44.5 Å². The molecule has 3 aromatic carbocycles. The van der Waals surface area contributed by atoms with Gasteiger partial charge < -0.3 is 24.5 Å². The maximum absolute atomic E-state index is 13.6. The van der Waals surface area contributed by atoms with E-state index in [0.717, 1.165) is 55.1 Å². The van der Waals surface area contributed by atoms with Gasteiger partial charge in [-0.3, -0.25) is 4.79 Å². The van der Waals surface area contributed by atoms with Crippen molar-refractivity contribution in [3.05, 3.63) is 82.9 Å². The van der Waals surface area contributed by atoms with Crippen LogP contribution in [-0.4, -0.2) is 81.2 Å². The third-order valence-corrected chi connectivity index (χ3v) is 6.87. The lowest BCUT2D eigenvalue weighted by Gasteiger charge is -2.35. The highest BCUT2D eigenvalue weighted by Gasteiger charge is 2.18. The standard InChI is InChI=1S/C32H39N3O3/c1-23-18-24(2)20-27(19-23)26-8-11-32(38-17-16-33(3)4)29(21-26)31(37)10-7-25-6-9-28(36)22-30(25)35-14-12-34(5)13-15-35/h6-11,18-22,36H,12-17H2,1-5H3/b10-7+. The van der Waals surface area contributed by atoms with Crippen molar-refractivity contribution in [3.8, 4) is 22.6 Å². The first-order valence-corrected chi connectivity index (χ1v) is 13.2. The molecule has 1 aliphatic rings. The summed E-state index contributed by atoms with van der Waals surface area (Å²) in [7, 11) is 6.11. The normalized spacial score (nSPS) is 14.4. The van der Waals surface area contributed by atoms with Crippen LogP contribution < -0.4 is 9.64 Å². The molecule has 0 spiro atoms. The number of carbonyl (C=O) groups excluding carboxylic acids is 1. The highest BCUT2D eigenvalue weighted by molar-refractivity contribution is 6.09. The van der Waals surface area contributed by atoms with Gasteiger partial charge in [0.25, 0.3) is 0 Å². The molecule has 3 aromatic rings. The Kier molecular flexibility index (Phi) is 8.87. The van der Waals surface area contributed by atoms with Crippen molar-refractivity contribution in [1.29, 1.82) is 0 Å². The van der Waals surface area contributed by atoms with Gasteiger partial charge in [0.2, 0.25) is 0 Å². The number of piperazine rings is 1. The molecule has 1 saturated heterocycles. The van der Waals surface area contributed by atoms with Crippen molar-refractivity contribution in [1.82, 2.24) is 9.80 Å². The third kappa shape index (κ3) is 7.03. The molecule has 6 heteroatoms. The molecule has 0 bridgehead atoms. The van der Waals surface area contributed by atoms with Crippen LogP contribution in [0.5, 0.6) is 11.5 Å². The Bertz CT molecular complexity index is 1290. The van der Waals surface area contributed by atoms with E-state index >= 15 is 0 Å². The Morgan fingerprint density at radius 2 is 1.66 bits per heavy atom. The lowest BCUT2D eigenvalue weighted by Crippen LogP contribution is -2.44. The minimum absolute atomic E-state index is 0.117. The zero-order chi connectivity index (χ0) is 27.2. The summed E-state index contributed by atoms with van der Waals surface area (Å²) in [6, 6.07) is 17.6. The zero-order valence-electron chi connectivity index (χ0n) is 23.2. The number of benzene rings is 3. The number of anilines is 1. The van der Waals surface area contributed by atoms with Gasteiger partial charge in [0.1, 0.15) is 18.1 Å². The van der Waals surface area contributed by atoms with E-state index in [9.17, 15) is 9.90 Å². The van der Waals surface area contributed by atoms with Crippen molar-refractivity contribution in [3.63, 3.8) is 0 Å². The molecule has 0 saturated carbocycles. The number of rotatable bonds is 9. The fourth-order valence-corrected chi connectivity index (χ4v) is 4.76. The Morgan fingerprint density at radius 1 is 0.947 bits per heavy atom. The van der Waals surface area contributed by atoms with Gasteiger partial charge in [-0.1, -0.05) is 35.4 Å². The fraction of sp³-hybridized carbons (Fsp3) is 0.344. The molecular weight excluding hydrogens is 474 g/mol. The first kappa shape index (κ1) is 27.4. The van der Waals surface area contributed by atoms with E-state index in [-0.39, 0.29) is 11.5 Å². The number of nitrogens with zero attached hydrogens (tertiary/aromatic N) is 3. The Balaban J connectivity index is 1.66. The number of aromatic hydroxyl groups is 1. The molecule has 0 amide bonds. The average Bonchev–Trinajstić information content (AvgIpc) is 2.87. The van der Waals surface area contributed by atoms with Crippen molar-refractivity contribution in [2.75, 3.05) is 65.4 Å². The minimum Gasteiger partial charge on any atom is -0.508 e. The number of hydrogen-bond donors (Lipinski definition) is 1. The summed E-state index contributed by atoms with van der Waals surface area (Å²) in [4.78, 5) is 20.2. The van der Waals surface area contributed by atoms with Gasteiger partial charge in [-0.2, -0.15) is 0 Å².